The highest BCUT2D eigenvalue weighted by atomic mass is 35.6. The molecule has 1 atom stereocenters. The van der Waals surface area contributed by atoms with E-state index in [4.69, 9.17) is 46.4 Å². The highest BCUT2D eigenvalue weighted by molar-refractivity contribution is 6.68. The van der Waals surface area contributed by atoms with Gasteiger partial charge in [0.25, 0.3) is 0 Å². The SMILES string of the molecule is CCCC(=O)N[C@@H](Nc1cccc(Cl)c1)C(Cl)(Cl)Cl. The first-order chi connectivity index (χ1) is 8.82. The smallest absolute Gasteiger partial charge is 0.228 e. The summed E-state index contributed by atoms with van der Waals surface area (Å²) in [5.74, 6) is -0.187. The van der Waals surface area contributed by atoms with Crippen LogP contribution in [0, 0.1) is 0 Å². The van der Waals surface area contributed by atoms with Gasteiger partial charge in [0.15, 0.2) is 0 Å². The number of amides is 1. The predicted octanol–water partition coefficient (Wildman–Crippen LogP) is 4.36. The van der Waals surface area contributed by atoms with E-state index < -0.39 is 9.96 Å². The van der Waals surface area contributed by atoms with Gasteiger partial charge in [0.2, 0.25) is 9.70 Å². The Kier molecular flexibility index (Phi) is 6.54. The molecule has 0 fully saturated rings. The maximum Gasteiger partial charge on any atom is 0.228 e. The minimum absolute atomic E-state index is 0.187. The van der Waals surface area contributed by atoms with Crippen LogP contribution in [-0.4, -0.2) is 15.9 Å². The van der Waals surface area contributed by atoms with Crippen LogP contribution in [0.3, 0.4) is 0 Å². The van der Waals surface area contributed by atoms with Crippen molar-refractivity contribution in [2.24, 2.45) is 0 Å². The second-order valence-corrected chi connectivity index (χ2v) is 6.75. The third-order valence-electron chi connectivity index (χ3n) is 2.25. The minimum atomic E-state index is -1.67. The summed E-state index contributed by atoms with van der Waals surface area (Å²) in [5.41, 5.74) is 0.653. The second kappa shape index (κ2) is 7.44. The van der Waals surface area contributed by atoms with Gasteiger partial charge in [-0.3, -0.25) is 4.79 Å². The molecular weight excluding hydrogens is 330 g/mol. The molecule has 19 heavy (non-hydrogen) atoms. The van der Waals surface area contributed by atoms with Crippen LogP contribution in [0.2, 0.25) is 5.02 Å². The van der Waals surface area contributed by atoms with E-state index >= 15 is 0 Å². The van der Waals surface area contributed by atoms with Crippen molar-refractivity contribution >= 4 is 58.0 Å². The molecule has 0 saturated heterocycles. The first-order valence-corrected chi connectivity index (χ1v) is 7.22. The van der Waals surface area contributed by atoms with Gasteiger partial charge in [-0.15, -0.1) is 0 Å². The molecule has 0 aliphatic heterocycles. The first kappa shape index (κ1) is 16.7. The average molecular weight is 344 g/mol. The molecule has 1 aromatic rings. The van der Waals surface area contributed by atoms with E-state index in [-0.39, 0.29) is 5.91 Å². The summed E-state index contributed by atoms with van der Waals surface area (Å²) in [7, 11) is 0. The molecule has 0 aliphatic rings. The van der Waals surface area contributed by atoms with Crippen LogP contribution >= 0.6 is 46.4 Å². The third-order valence-corrected chi connectivity index (χ3v) is 3.14. The van der Waals surface area contributed by atoms with Gasteiger partial charge in [-0.05, 0) is 24.6 Å². The number of alkyl halides is 3. The van der Waals surface area contributed by atoms with E-state index in [1.807, 2.05) is 6.92 Å². The van der Waals surface area contributed by atoms with Crippen molar-refractivity contribution in [2.75, 3.05) is 5.32 Å². The Labute approximate surface area is 132 Å². The largest absolute Gasteiger partial charge is 0.362 e. The summed E-state index contributed by atoms with van der Waals surface area (Å²) >= 11 is 23.4. The molecule has 0 aromatic heterocycles. The number of benzene rings is 1. The second-order valence-electron chi connectivity index (χ2n) is 3.95. The number of halogens is 4. The molecule has 1 aromatic carbocycles. The molecule has 2 N–H and O–H groups in total. The molecule has 3 nitrogen and oxygen atoms in total. The Morgan fingerprint density at radius 3 is 2.58 bits per heavy atom. The van der Waals surface area contributed by atoms with Crippen LogP contribution in [0.15, 0.2) is 24.3 Å². The predicted molar refractivity (Wildman–Crippen MR) is 82.2 cm³/mol. The Bertz CT molecular complexity index is 434. The summed E-state index contributed by atoms with van der Waals surface area (Å²) in [4.78, 5) is 11.6. The zero-order valence-corrected chi connectivity index (χ0v) is 13.2. The fourth-order valence-electron chi connectivity index (χ4n) is 1.40. The monoisotopic (exact) mass is 342 g/mol. The van der Waals surface area contributed by atoms with Gasteiger partial charge in [-0.25, -0.2) is 0 Å². The molecule has 0 unspecified atom stereocenters. The maximum absolute atomic E-state index is 11.6. The van der Waals surface area contributed by atoms with Gasteiger partial charge < -0.3 is 10.6 Å². The average Bonchev–Trinajstić information content (AvgIpc) is 2.27. The van der Waals surface area contributed by atoms with Crippen LogP contribution in [0.1, 0.15) is 19.8 Å². The molecule has 0 saturated carbocycles. The molecule has 106 valence electrons. The number of carbonyl (C=O) groups excluding carboxylic acids is 1. The lowest BCUT2D eigenvalue weighted by molar-refractivity contribution is -0.121. The summed E-state index contributed by atoms with van der Waals surface area (Å²) < 4.78 is -1.67. The number of rotatable bonds is 5. The van der Waals surface area contributed by atoms with Crippen LogP contribution in [-0.2, 0) is 4.79 Å². The van der Waals surface area contributed by atoms with E-state index in [1.54, 1.807) is 24.3 Å². The van der Waals surface area contributed by atoms with Gasteiger partial charge in [0.05, 0.1) is 0 Å². The van der Waals surface area contributed by atoms with E-state index in [1.165, 1.54) is 0 Å². The van der Waals surface area contributed by atoms with E-state index in [0.29, 0.717) is 17.1 Å². The quantitative estimate of drug-likeness (QED) is 0.615. The molecular formula is C12H14Cl4N2O. The van der Waals surface area contributed by atoms with Crippen molar-refractivity contribution in [3.63, 3.8) is 0 Å². The molecule has 7 heteroatoms. The molecule has 1 rings (SSSR count). The van der Waals surface area contributed by atoms with Crippen molar-refractivity contribution in [1.82, 2.24) is 5.32 Å². The van der Waals surface area contributed by atoms with Crippen LogP contribution in [0.4, 0.5) is 5.69 Å². The number of hydrogen-bond acceptors (Lipinski definition) is 2. The number of anilines is 1. The fraction of sp³-hybridized carbons (Fsp3) is 0.417. The van der Waals surface area contributed by atoms with Crippen LogP contribution in [0.25, 0.3) is 0 Å². The number of nitrogens with one attached hydrogen (secondary N) is 2. The van der Waals surface area contributed by atoms with Crippen molar-refractivity contribution in [1.29, 1.82) is 0 Å². The summed E-state index contributed by atoms with van der Waals surface area (Å²) in [6.07, 6.45) is 0.249. The minimum Gasteiger partial charge on any atom is -0.362 e. The van der Waals surface area contributed by atoms with E-state index in [0.717, 1.165) is 6.42 Å². The highest BCUT2D eigenvalue weighted by Crippen LogP contribution is 2.31. The molecule has 1 amide bonds. The maximum atomic E-state index is 11.6. The Morgan fingerprint density at radius 2 is 2.05 bits per heavy atom. The topological polar surface area (TPSA) is 41.1 Å². The normalized spacial score (nSPS) is 12.9. The van der Waals surface area contributed by atoms with Gasteiger partial charge in [-0.2, -0.15) is 0 Å². The summed E-state index contributed by atoms with van der Waals surface area (Å²) in [6, 6.07) is 6.93. The molecule has 0 bridgehead atoms. The lowest BCUT2D eigenvalue weighted by atomic mass is 10.3. The fourth-order valence-corrected chi connectivity index (χ4v) is 1.92. The van der Waals surface area contributed by atoms with Gasteiger partial charge in [-0.1, -0.05) is 59.4 Å². The van der Waals surface area contributed by atoms with Crippen molar-refractivity contribution in [2.45, 2.75) is 29.7 Å². The standard InChI is InChI=1S/C12H14Cl4N2O/c1-2-4-10(19)18-11(12(14,15)16)17-9-6-3-5-8(13)7-9/h3,5-7,11,17H,2,4H2,1H3,(H,18,19)/t11-/m1/s1. The van der Waals surface area contributed by atoms with Gasteiger partial charge in [0.1, 0.15) is 6.17 Å². The zero-order chi connectivity index (χ0) is 14.5. The Balaban J connectivity index is 2.78. The number of carbonyl (C=O) groups is 1. The molecule has 0 heterocycles. The lowest BCUT2D eigenvalue weighted by Gasteiger charge is -2.27. The van der Waals surface area contributed by atoms with Crippen LogP contribution < -0.4 is 10.6 Å². The van der Waals surface area contributed by atoms with E-state index in [9.17, 15) is 4.79 Å². The molecule has 0 radical (unpaired) electrons. The van der Waals surface area contributed by atoms with Crippen molar-refractivity contribution in [3.8, 4) is 0 Å². The van der Waals surface area contributed by atoms with Gasteiger partial charge in [0, 0.05) is 17.1 Å². The highest BCUT2D eigenvalue weighted by Gasteiger charge is 2.33. The number of hydrogen-bond donors (Lipinski definition) is 2. The third kappa shape index (κ3) is 6.09. The van der Waals surface area contributed by atoms with Crippen molar-refractivity contribution in [3.05, 3.63) is 29.3 Å². The van der Waals surface area contributed by atoms with Gasteiger partial charge >= 0.3 is 0 Å². The van der Waals surface area contributed by atoms with E-state index in [2.05, 4.69) is 10.6 Å². The summed E-state index contributed by atoms with van der Waals surface area (Å²) in [5, 5.41) is 6.12. The lowest BCUT2D eigenvalue weighted by Crippen LogP contribution is -2.49. The Morgan fingerprint density at radius 1 is 1.37 bits per heavy atom. The molecule has 0 spiro atoms. The summed E-state index contributed by atoms with van der Waals surface area (Å²) in [6.45, 7) is 1.90. The van der Waals surface area contributed by atoms with Crippen molar-refractivity contribution < 1.29 is 4.79 Å². The Hall–Kier alpha value is -0.350. The zero-order valence-electron chi connectivity index (χ0n) is 10.2. The molecule has 0 aliphatic carbocycles. The van der Waals surface area contributed by atoms with Crippen LogP contribution in [0.5, 0.6) is 0 Å². The first-order valence-electron chi connectivity index (χ1n) is 5.71.